The Kier molecular flexibility index (Phi) is 9.22. The van der Waals surface area contributed by atoms with Crippen molar-refractivity contribution in [3.63, 3.8) is 0 Å². The molecule has 1 N–H and O–H groups in total. The molecule has 108 valence electrons. The van der Waals surface area contributed by atoms with Crippen LogP contribution in [0.2, 0.25) is 0 Å². The second-order valence-corrected chi connectivity index (χ2v) is 5.55. The molecule has 0 aromatic heterocycles. The molecule has 1 aliphatic carbocycles. The van der Waals surface area contributed by atoms with Gasteiger partial charge in [-0.05, 0) is 6.42 Å². The summed E-state index contributed by atoms with van der Waals surface area (Å²) in [6, 6.07) is 0. The molecule has 0 aliphatic heterocycles. The first-order valence-corrected chi connectivity index (χ1v) is 8.11. The van der Waals surface area contributed by atoms with E-state index in [0.29, 0.717) is 5.76 Å². The van der Waals surface area contributed by atoms with Crippen molar-refractivity contribution in [2.45, 2.75) is 77.6 Å². The first kappa shape index (κ1) is 16.1. The number of hydrogen-bond donors (Lipinski definition) is 1. The summed E-state index contributed by atoms with van der Waals surface area (Å²) in [6.45, 7) is 2.27. The van der Waals surface area contributed by atoms with Crippen molar-refractivity contribution in [3.8, 4) is 0 Å². The number of rotatable bonds is 11. The van der Waals surface area contributed by atoms with Gasteiger partial charge >= 0.3 is 0 Å². The van der Waals surface area contributed by atoms with E-state index in [1.54, 1.807) is 0 Å². The summed E-state index contributed by atoms with van der Waals surface area (Å²) in [7, 11) is 0. The third-order valence-corrected chi connectivity index (χ3v) is 3.76. The van der Waals surface area contributed by atoms with Crippen LogP contribution < -0.4 is 0 Å². The molecule has 1 rings (SSSR count). The Morgan fingerprint density at radius 1 is 0.789 bits per heavy atom. The van der Waals surface area contributed by atoms with E-state index in [-0.39, 0.29) is 0 Å². The standard InChI is InChI=1S/C18H30O/c1-2-3-4-5-6-7-8-9-10-11-16-18(19)17-14-12-13-15-17/h12-15,19H,2-11,16H2,1H3. The molecule has 0 aromatic carbocycles. The second kappa shape index (κ2) is 10.9. The Bertz CT molecular complexity index is 296. The van der Waals surface area contributed by atoms with Crippen molar-refractivity contribution in [1.29, 1.82) is 0 Å². The fourth-order valence-corrected chi connectivity index (χ4v) is 2.49. The van der Waals surface area contributed by atoms with Gasteiger partial charge in [-0.3, -0.25) is 0 Å². The van der Waals surface area contributed by atoms with Crippen LogP contribution in [0.3, 0.4) is 0 Å². The maximum absolute atomic E-state index is 9.85. The Morgan fingerprint density at radius 2 is 1.26 bits per heavy atom. The van der Waals surface area contributed by atoms with Crippen molar-refractivity contribution in [2.75, 3.05) is 0 Å². The van der Waals surface area contributed by atoms with Crippen molar-refractivity contribution in [1.82, 2.24) is 0 Å². The van der Waals surface area contributed by atoms with E-state index in [1.165, 1.54) is 57.8 Å². The average Bonchev–Trinajstić information content (AvgIpc) is 2.95. The van der Waals surface area contributed by atoms with Crippen LogP contribution in [0.4, 0.5) is 0 Å². The third-order valence-electron chi connectivity index (χ3n) is 3.76. The third kappa shape index (κ3) is 7.92. The van der Waals surface area contributed by atoms with Gasteiger partial charge in [0.1, 0.15) is 0 Å². The maximum Gasteiger partial charge on any atom is 0.0994 e. The van der Waals surface area contributed by atoms with Gasteiger partial charge in [-0.1, -0.05) is 89.0 Å². The molecule has 1 nitrogen and oxygen atoms in total. The van der Waals surface area contributed by atoms with Gasteiger partial charge in [0.05, 0.1) is 5.76 Å². The largest absolute Gasteiger partial charge is 0.512 e. The Hall–Kier alpha value is -0.980. The normalized spacial score (nSPS) is 13.4. The number of aliphatic hydroxyl groups excluding tert-OH is 1. The second-order valence-electron chi connectivity index (χ2n) is 5.55. The lowest BCUT2D eigenvalue weighted by molar-refractivity contribution is 0.377. The van der Waals surface area contributed by atoms with Crippen LogP contribution >= 0.6 is 0 Å². The van der Waals surface area contributed by atoms with Crippen molar-refractivity contribution in [2.24, 2.45) is 0 Å². The lowest BCUT2D eigenvalue weighted by Gasteiger charge is -2.03. The van der Waals surface area contributed by atoms with Gasteiger partial charge in [-0.25, -0.2) is 0 Å². The highest BCUT2D eigenvalue weighted by Crippen LogP contribution is 2.17. The molecule has 0 atom stereocenters. The zero-order chi connectivity index (χ0) is 13.8. The van der Waals surface area contributed by atoms with Crippen molar-refractivity contribution >= 4 is 0 Å². The summed E-state index contributed by atoms with van der Waals surface area (Å²) in [6.07, 6.45) is 22.2. The van der Waals surface area contributed by atoms with Crippen LogP contribution in [0.15, 0.2) is 35.6 Å². The molecule has 0 saturated heterocycles. The van der Waals surface area contributed by atoms with Crippen LogP contribution in [0.5, 0.6) is 0 Å². The highest BCUT2D eigenvalue weighted by Gasteiger charge is 2.01. The van der Waals surface area contributed by atoms with Crippen molar-refractivity contribution < 1.29 is 5.11 Å². The van der Waals surface area contributed by atoms with Gasteiger partial charge < -0.3 is 5.11 Å². The maximum atomic E-state index is 9.85. The number of aliphatic hydroxyl groups is 1. The lowest BCUT2D eigenvalue weighted by atomic mass is 10.0. The van der Waals surface area contributed by atoms with Gasteiger partial charge in [-0.2, -0.15) is 0 Å². The summed E-state index contributed by atoms with van der Waals surface area (Å²) in [5, 5.41) is 9.85. The van der Waals surface area contributed by atoms with Crippen LogP contribution in [0.25, 0.3) is 0 Å². The van der Waals surface area contributed by atoms with Gasteiger partial charge in [0.2, 0.25) is 0 Å². The zero-order valence-corrected chi connectivity index (χ0v) is 12.5. The summed E-state index contributed by atoms with van der Waals surface area (Å²) >= 11 is 0. The van der Waals surface area contributed by atoms with E-state index in [4.69, 9.17) is 0 Å². The molecule has 0 radical (unpaired) electrons. The molecule has 0 bridgehead atoms. The molecule has 0 aromatic rings. The molecule has 19 heavy (non-hydrogen) atoms. The number of hydrogen-bond acceptors (Lipinski definition) is 1. The summed E-state index contributed by atoms with van der Waals surface area (Å²) in [5.74, 6) is 0.560. The predicted octanol–water partition coefficient (Wildman–Crippen LogP) is 6.24. The van der Waals surface area contributed by atoms with E-state index in [9.17, 15) is 5.11 Å². The quantitative estimate of drug-likeness (QED) is 0.345. The summed E-state index contributed by atoms with van der Waals surface area (Å²) in [4.78, 5) is 0. The minimum absolute atomic E-state index is 0.560. The Labute approximate surface area is 119 Å². The van der Waals surface area contributed by atoms with Gasteiger partial charge in [0, 0.05) is 12.0 Å². The van der Waals surface area contributed by atoms with Crippen LogP contribution in [0.1, 0.15) is 77.6 Å². The summed E-state index contributed by atoms with van der Waals surface area (Å²) < 4.78 is 0. The molecule has 1 heteroatoms. The highest BCUT2D eigenvalue weighted by atomic mass is 16.3. The summed E-state index contributed by atoms with van der Waals surface area (Å²) in [5.41, 5.74) is 0.996. The fourth-order valence-electron chi connectivity index (χ4n) is 2.49. The molecule has 0 amide bonds. The fraction of sp³-hybridized carbons (Fsp3) is 0.667. The van der Waals surface area contributed by atoms with E-state index >= 15 is 0 Å². The molecular weight excluding hydrogens is 232 g/mol. The Balaban J connectivity index is 1.87. The molecular formula is C18H30O. The van der Waals surface area contributed by atoms with E-state index in [2.05, 4.69) is 6.92 Å². The molecule has 1 aliphatic rings. The first-order valence-electron chi connectivity index (χ1n) is 8.11. The topological polar surface area (TPSA) is 20.2 Å². The minimum Gasteiger partial charge on any atom is -0.512 e. The number of unbranched alkanes of at least 4 members (excludes halogenated alkanes) is 9. The SMILES string of the molecule is CCCCCCCCCCCCC(O)=C1C=CC=C1. The minimum atomic E-state index is 0.560. The van der Waals surface area contributed by atoms with Crippen LogP contribution in [-0.2, 0) is 0 Å². The van der Waals surface area contributed by atoms with Crippen LogP contribution in [0, 0.1) is 0 Å². The molecule has 0 fully saturated rings. The van der Waals surface area contributed by atoms with Gasteiger partial charge in [-0.15, -0.1) is 0 Å². The monoisotopic (exact) mass is 262 g/mol. The van der Waals surface area contributed by atoms with Gasteiger partial charge in [0.15, 0.2) is 0 Å². The van der Waals surface area contributed by atoms with E-state index < -0.39 is 0 Å². The lowest BCUT2D eigenvalue weighted by Crippen LogP contribution is -1.87. The molecule has 0 heterocycles. The highest BCUT2D eigenvalue weighted by molar-refractivity contribution is 5.41. The van der Waals surface area contributed by atoms with E-state index in [1.807, 2.05) is 24.3 Å². The average molecular weight is 262 g/mol. The zero-order valence-electron chi connectivity index (χ0n) is 12.5. The van der Waals surface area contributed by atoms with Crippen molar-refractivity contribution in [3.05, 3.63) is 35.6 Å². The molecule has 0 saturated carbocycles. The van der Waals surface area contributed by atoms with Gasteiger partial charge in [0.25, 0.3) is 0 Å². The Morgan fingerprint density at radius 3 is 1.79 bits per heavy atom. The molecule has 0 spiro atoms. The van der Waals surface area contributed by atoms with E-state index in [0.717, 1.165) is 18.4 Å². The molecule has 0 unspecified atom stereocenters. The predicted molar refractivity (Wildman–Crippen MR) is 84.4 cm³/mol. The smallest absolute Gasteiger partial charge is 0.0994 e. The first-order chi connectivity index (χ1) is 9.34. The van der Waals surface area contributed by atoms with Crippen LogP contribution in [-0.4, -0.2) is 5.11 Å². The number of allylic oxidation sites excluding steroid dienone is 6.